The van der Waals surface area contributed by atoms with Gasteiger partial charge in [-0.3, -0.25) is 0 Å². The minimum atomic E-state index is -0.271. The first-order valence-corrected chi connectivity index (χ1v) is 25.4. The van der Waals surface area contributed by atoms with Gasteiger partial charge < -0.3 is 0 Å². The van der Waals surface area contributed by atoms with Crippen LogP contribution in [0.5, 0.6) is 0 Å². The first-order chi connectivity index (χ1) is 33.6. The summed E-state index contributed by atoms with van der Waals surface area (Å²) in [6.45, 7) is 39.0. The zero-order valence-corrected chi connectivity index (χ0v) is 44.6. The molecule has 0 saturated carbocycles. The lowest BCUT2D eigenvalue weighted by Crippen LogP contribution is -2.15. The van der Waals surface area contributed by atoms with E-state index in [4.69, 9.17) is 0 Å². The van der Waals surface area contributed by atoms with Crippen molar-refractivity contribution in [2.24, 2.45) is 5.92 Å². The Balaban J connectivity index is 0.000000201. The number of benzene rings is 6. The highest BCUT2D eigenvalue weighted by Crippen LogP contribution is 2.52. The van der Waals surface area contributed by atoms with E-state index in [0.29, 0.717) is 17.9 Å². The molecule has 0 amide bonds. The fourth-order valence-electron chi connectivity index (χ4n) is 9.38. The van der Waals surface area contributed by atoms with Gasteiger partial charge in [-0.1, -0.05) is 249 Å². The van der Waals surface area contributed by atoms with E-state index < -0.39 is 0 Å². The van der Waals surface area contributed by atoms with Crippen LogP contribution in [-0.4, -0.2) is 0 Å². The lowest BCUT2D eigenvalue weighted by molar-refractivity contribution is 0.653. The second-order valence-electron chi connectivity index (χ2n) is 19.3. The number of rotatable bonds is 11. The van der Waals surface area contributed by atoms with Crippen molar-refractivity contribution in [3.63, 3.8) is 0 Å². The molecule has 8 rings (SSSR count). The maximum atomic E-state index is 12.5. The van der Waals surface area contributed by atoms with Crippen LogP contribution in [0.4, 0.5) is 4.39 Å². The standard InChI is InChI=1S/C21H22.C20H28.C13H12.C8H11F.C7H8/c1-7-15-14(4)12-19-20(16(15)8-2)17-10-9-13(3)11-18(17)21(19,5)6;1-5-6-11-19-17(15(2)3)13-9-14-20(19)18-12-8-7-10-16(18)4;1-11-7-9-13(10-8-11)12-5-3-2-4-6-12;1-4-7(5-2)8(9)6-3;1-7-5-3-2-4-6-7/h7-12H,1-2H2,3-6H3;7-8,10,12-13,15H,5-6,9,11,14H2,1-4H3;2-10H,1H3;4,6H,1,3,5H2,2H3;2-6H,1H3/b;;;8-7-;. The average molecular weight is 929 g/mol. The van der Waals surface area contributed by atoms with E-state index in [2.05, 4.69) is 211 Å². The Kier molecular flexibility index (Phi) is 22.1. The summed E-state index contributed by atoms with van der Waals surface area (Å²) < 4.78 is 12.5. The Morgan fingerprint density at radius 3 is 1.70 bits per heavy atom. The van der Waals surface area contributed by atoms with E-state index in [1.807, 2.05) is 43.3 Å². The van der Waals surface area contributed by atoms with Crippen molar-refractivity contribution in [3.05, 3.63) is 256 Å². The molecule has 0 saturated heterocycles. The molecule has 6 aromatic carbocycles. The van der Waals surface area contributed by atoms with Crippen LogP contribution in [0, 0.1) is 40.5 Å². The van der Waals surface area contributed by atoms with Crippen LogP contribution in [0.15, 0.2) is 201 Å². The molecule has 6 aromatic rings. The summed E-state index contributed by atoms with van der Waals surface area (Å²) in [4.78, 5) is 0. The Morgan fingerprint density at radius 2 is 1.19 bits per heavy atom. The largest absolute Gasteiger partial charge is 0.207 e. The topological polar surface area (TPSA) is 0 Å². The fourth-order valence-corrected chi connectivity index (χ4v) is 9.38. The molecule has 0 spiro atoms. The molecule has 0 fully saturated rings. The van der Waals surface area contributed by atoms with Gasteiger partial charge in [0.1, 0.15) is 5.83 Å². The molecule has 0 radical (unpaired) electrons. The van der Waals surface area contributed by atoms with Crippen molar-refractivity contribution >= 4 is 17.7 Å². The monoisotopic (exact) mass is 929 g/mol. The summed E-state index contributed by atoms with van der Waals surface area (Å²) in [5, 5.41) is 0. The van der Waals surface area contributed by atoms with Crippen LogP contribution in [0.1, 0.15) is 136 Å². The molecular formula is C69H81F. The molecule has 364 valence electrons. The molecule has 0 aromatic heterocycles. The quantitative estimate of drug-likeness (QED) is 0.114. The van der Waals surface area contributed by atoms with E-state index >= 15 is 0 Å². The molecule has 2 aliphatic carbocycles. The van der Waals surface area contributed by atoms with Gasteiger partial charge in [-0.05, 0) is 162 Å². The molecule has 70 heavy (non-hydrogen) atoms. The zero-order chi connectivity index (χ0) is 51.4. The van der Waals surface area contributed by atoms with Crippen molar-refractivity contribution in [2.45, 2.75) is 120 Å². The van der Waals surface area contributed by atoms with Gasteiger partial charge in [0.05, 0.1) is 0 Å². The van der Waals surface area contributed by atoms with Gasteiger partial charge in [0.15, 0.2) is 0 Å². The third-order valence-electron chi connectivity index (χ3n) is 13.4. The van der Waals surface area contributed by atoms with Crippen LogP contribution in [0.25, 0.3) is 40.0 Å². The highest BCUT2D eigenvalue weighted by molar-refractivity contribution is 5.91. The van der Waals surface area contributed by atoms with Gasteiger partial charge in [0.2, 0.25) is 0 Å². The fraction of sp³-hybridized carbons (Fsp3) is 0.275. The predicted molar refractivity (Wildman–Crippen MR) is 310 cm³/mol. The van der Waals surface area contributed by atoms with Crippen LogP contribution in [-0.2, 0) is 5.41 Å². The highest BCUT2D eigenvalue weighted by Gasteiger charge is 2.37. The number of fused-ring (bicyclic) bond motifs is 3. The van der Waals surface area contributed by atoms with Gasteiger partial charge in [-0.2, -0.15) is 0 Å². The van der Waals surface area contributed by atoms with Crippen LogP contribution < -0.4 is 0 Å². The first-order valence-electron chi connectivity index (χ1n) is 25.4. The average Bonchev–Trinajstić information content (AvgIpc) is 3.58. The minimum Gasteiger partial charge on any atom is -0.207 e. The van der Waals surface area contributed by atoms with E-state index in [1.54, 1.807) is 16.7 Å². The zero-order valence-electron chi connectivity index (χ0n) is 44.6. The molecular weight excluding hydrogens is 848 g/mol. The van der Waals surface area contributed by atoms with E-state index in [9.17, 15) is 4.39 Å². The SMILES string of the molecule is C=C/C(F)=C(\C=C)CC.C=Cc1c(C)cc2c(c1C=C)-c1ccc(C)cc1C2(C)C.CCCCC1=C(c2ccccc2C)CCC=C1C(C)C.Cc1ccc(-c2ccccc2)cc1.Cc1ccccc1. The molecule has 1 heteroatoms. The predicted octanol–water partition coefficient (Wildman–Crippen LogP) is 20.9. The second-order valence-corrected chi connectivity index (χ2v) is 19.3. The summed E-state index contributed by atoms with van der Waals surface area (Å²) in [6.07, 6.45) is 16.0. The summed E-state index contributed by atoms with van der Waals surface area (Å²) in [6, 6.07) is 47.3. The Labute approximate surface area is 424 Å². The number of hydrogen-bond acceptors (Lipinski definition) is 0. The van der Waals surface area contributed by atoms with Gasteiger partial charge in [0, 0.05) is 5.41 Å². The maximum absolute atomic E-state index is 12.5. The molecule has 0 bridgehead atoms. The highest BCUT2D eigenvalue weighted by atomic mass is 19.1. The normalized spacial score (nSPS) is 13.1. The number of allylic oxidation sites excluding steroid dienone is 8. The van der Waals surface area contributed by atoms with Gasteiger partial charge >= 0.3 is 0 Å². The van der Waals surface area contributed by atoms with Crippen LogP contribution >= 0.6 is 0 Å². The minimum absolute atomic E-state index is 0.0406. The summed E-state index contributed by atoms with van der Waals surface area (Å²) in [5.41, 5.74) is 24.1. The Morgan fingerprint density at radius 1 is 0.614 bits per heavy atom. The summed E-state index contributed by atoms with van der Waals surface area (Å²) in [5.74, 6) is 0.369. The second kappa shape index (κ2) is 27.6. The number of halogens is 1. The molecule has 0 nitrogen and oxygen atoms in total. The third kappa shape index (κ3) is 14.7. The van der Waals surface area contributed by atoms with Crippen molar-refractivity contribution in [3.8, 4) is 22.3 Å². The van der Waals surface area contributed by atoms with Crippen molar-refractivity contribution in [2.75, 3.05) is 0 Å². The smallest absolute Gasteiger partial charge is 0.125 e. The Hall–Kier alpha value is -6.57. The lowest BCUT2D eigenvalue weighted by atomic mass is 9.79. The first kappa shape index (κ1) is 56.0. The maximum Gasteiger partial charge on any atom is 0.125 e. The van der Waals surface area contributed by atoms with E-state index in [-0.39, 0.29) is 11.2 Å². The van der Waals surface area contributed by atoms with Gasteiger partial charge in [-0.25, -0.2) is 4.39 Å². The van der Waals surface area contributed by atoms with Gasteiger partial charge in [0.25, 0.3) is 0 Å². The van der Waals surface area contributed by atoms with Crippen LogP contribution in [0.3, 0.4) is 0 Å². The summed E-state index contributed by atoms with van der Waals surface area (Å²) in [7, 11) is 0. The molecule has 0 aliphatic heterocycles. The molecule has 0 unspecified atom stereocenters. The van der Waals surface area contributed by atoms with Crippen molar-refractivity contribution in [1.29, 1.82) is 0 Å². The number of hydrogen-bond donors (Lipinski definition) is 0. The lowest BCUT2D eigenvalue weighted by Gasteiger charge is -2.26. The summed E-state index contributed by atoms with van der Waals surface area (Å²) >= 11 is 0. The molecule has 0 atom stereocenters. The van der Waals surface area contributed by atoms with Crippen molar-refractivity contribution < 1.29 is 4.39 Å². The third-order valence-corrected chi connectivity index (χ3v) is 13.4. The number of unbranched alkanes of at least 4 members (excludes halogenated alkanes) is 1. The van der Waals surface area contributed by atoms with Gasteiger partial charge in [-0.15, -0.1) is 0 Å². The number of aryl methyl sites for hydroxylation is 5. The molecule has 0 N–H and O–H groups in total. The van der Waals surface area contributed by atoms with Crippen molar-refractivity contribution in [1.82, 2.24) is 0 Å². The molecule has 0 heterocycles. The molecule has 2 aliphatic rings. The van der Waals surface area contributed by atoms with E-state index in [0.717, 1.165) is 0 Å². The van der Waals surface area contributed by atoms with E-state index in [1.165, 1.54) is 122 Å². The Bertz CT molecular complexity index is 2770. The van der Waals surface area contributed by atoms with Crippen LogP contribution in [0.2, 0.25) is 0 Å².